The highest BCUT2D eigenvalue weighted by atomic mass is 32.1. The van der Waals surface area contributed by atoms with Gasteiger partial charge in [-0.05, 0) is 29.7 Å². The first-order valence-electron chi connectivity index (χ1n) is 7.15. The molecule has 3 aromatic rings. The molecule has 0 fully saturated rings. The topological polar surface area (TPSA) is 95.1 Å². The molecule has 23 heavy (non-hydrogen) atoms. The first-order chi connectivity index (χ1) is 11.1. The molecule has 1 aromatic carbocycles. The Kier molecular flexibility index (Phi) is 4.12. The van der Waals surface area contributed by atoms with Crippen LogP contribution in [-0.2, 0) is 13.0 Å². The van der Waals surface area contributed by atoms with Crippen LogP contribution in [0.4, 0.5) is 0 Å². The largest absolute Gasteiger partial charge is 0.477 e. The molecule has 0 bridgehead atoms. The molecule has 0 aliphatic heterocycles. The molecule has 2 heterocycles. The first-order valence-corrected chi connectivity index (χ1v) is 7.97. The van der Waals surface area contributed by atoms with Crippen molar-refractivity contribution in [2.45, 2.75) is 19.9 Å². The van der Waals surface area contributed by atoms with Crippen molar-refractivity contribution in [1.29, 1.82) is 0 Å². The highest BCUT2D eigenvalue weighted by molar-refractivity contribution is 7.16. The number of carboxylic acids is 1. The van der Waals surface area contributed by atoms with Crippen LogP contribution in [0.15, 0.2) is 30.5 Å². The number of thiophene rings is 1. The van der Waals surface area contributed by atoms with E-state index in [0.717, 1.165) is 27.8 Å². The molecule has 3 rings (SSSR count). The van der Waals surface area contributed by atoms with Crippen molar-refractivity contribution in [2.75, 3.05) is 0 Å². The number of benzene rings is 1. The summed E-state index contributed by atoms with van der Waals surface area (Å²) < 4.78 is 0. The zero-order valence-electron chi connectivity index (χ0n) is 12.4. The van der Waals surface area contributed by atoms with Crippen molar-refractivity contribution in [3.05, 3.63) is 51.3 Å². The average Bonchev–Trinajstić information content (AvgIpc) is 3.18. The minimum atomic E-state index is -0.992. The van der Waals surface area contributed by atoms with Gasteiger partial charge in [-0.1, -0.05) is 19.1 Å². The van der Waals surface area contributed by atoms with E-state index in [9.17, 15) is 9.59 Å². The van der Waals surface area contributed by atoms with Gasteiger partial charge in [0.25, 0.3) is 5.91 Å². The van der Waals surface area contributed by atoms with Crippen LogP contribution >= 0.6 is 11.3 Å². The number of hydrogen-bond donors (Lipinski definition) is 3. The van der Waals surface area contributed by atoms with Crippen molar-refractivity contribution in [3.63, 3.8) is 0 Å². The lowest BCUT2D eigenvalue weighted by Gasteiger charge is -2.05. The van der Waals surface area contributed by atoms with Crippen LogP contribution in [0.1, 0.15) is 37.4 Å². The molecule has 2 aromatic heterocycles. The van der Waals surface area contributed by atoms with Crippen molar-refractivity contribution in [1.82, 2.24) is 15.5 Å². The number of rotatable bonds is 5. The van der Waals surface area contributed by atoms with Gasteiger partial charge in [-0.3, -0.25) is 9.89 Å². The number of nitrogens with zero attached hydrogens (tertiary/aromatic N) is 1. The third-order valence-corrected chi connectivity index (χ3v) is 4.79. The van der Waals surface area contributed by atoms with Crippen molar-refractivity contribution in [3.8, 4) is 0 Å². The first kappa shape index (κ1) is 15.2. The molecular weight excluding hydrogens is 314 g/mol. The number of aromatic amines is 1. The number of aromatic carboxylic acids is 1. The van der Waals surface area contributed by atoms with Gasteiger partial charge in [0.1, 0.15) is 4.88 Å². The smallest absolute Gasteiger partial charge is 0.346 e. The molecule has 0 radical (unpaired) electrons. The van der Waals surface area contributed by atoms with E-state index in [2.05, 4.69) is 15.5 Å². The van der Waals surface area contributed by atoms with E-state index in [1.165, 1.54) is 0 Å². The van der Waals surface area contributed by atoms with E-state index < -0.39 is 5.97 Å². The Balaban J connectivity index is 1.77. The van der Waals surface area contributed by atoms with E-state index in [0.29, 0.717) is 23.4 Å². The lowest BCUT2D eigenvalue weighted by molar-refractivity contribution is 0.0701. The van der Waals surface area contributed by atoms with Crippen molar-refractivity contribution >= 4 is 34.1 Å². The summed E-state index contributed by atoms with van der Waals surface area (Å²) in [4.78, 5) is 24.1. The Morgan fingerprint density at radius 1 is 1.35 bits per heavy atom. The quantitative estimate of drug-likeness (QED) is 0.671. The van der Waals surface area contributed by atoms with Gasteiger partial charge in [0.05, 0.1) is 16.6 Å². The second-order valence-corrected chi connectivity index (χ2v) is 6.11. The Bertz CT molecular complexity index is 882. The van der Waals surface area contributed by atoms with Crippen LogP contribution in [0.3, 0.4) is 0 Å². The Morgan fingerprint density at radius 3 is 2.87 bits per heavy atom. The lowest BCUT2D eigenvalue weighted by atomic mass is 10.1. The number of amides is 1. The average molecular weight is 329 g/mol. The fourth-order valence-electron chi connectivity index (χ4n) is 2.43. The third-order valence-electron chi connectivity index (χ3n) is 3.62. The SMILES string of the molecule is CCc1cc(C(=O)NCc2cccc3[nH]ncc23)sc1C(=O)O. The molecule has 0 saturated carbocycles. The Hall–Kier alpha value is -2.67. The number of aromatic nitrogens is 2. The summed E-state index contributed by atoms with van der Waals surface area (Å²) >= 11 is 1.01. The summed E-state index contributed by atoms with van der Waals surface area (Å²) in [7, 11) is 0. The zero-order chi connectivity index (χ0) is 16.4. The fourth-order valence-corrected chi connectivity index (χ4v) is 3.44. The van der Waals surface area contributed by atoms with Crippen LogP contribution < -0.4 is 5.32 Å². The highest BCUT2D eigenvalue weighted by Gasteiger charge is 2.18. The van der Waals surface area contributed by atoms with Crippen LogP contribution in [0.2, 0.25) is 0 Å². The van der Waals surface area contributed by atoms with Gasteiger partial charge >= 0.3 is 5.97 Å². The molecule has 7 heteroatoms. The normalized spacial score (nSPS) is 10.8. The maximum Gasteiger partial charge on any atom is 0.346 e. The highest BCUT2D eigenvalue weighted by Crippen LogP contribution is 2.23. The van der Waals surface area contributed by atoms with Gasteiger partial charge in [0.2, 0.25) is 0 Å². The predicted octanol–water partition coefficient (Wildman–Crippen LogP) is 2.82. The molecule has 0 saturated heterocycles. The summed E-state index contributed by atoms with van der Waals surface area (Å²) in [6.07, 6.45) is 2.30. The fraction of sp³-hybridized carbons (Fsp3) is 0.188. The van der Waals surface area contributed by atoms with Gasteiger partial charge < -0.3 is 10.4 Å². The lowest BCUT2D eigenvalue weighted by Crippen LogP contribution is -2.21. The number of aryl methyl sites for hydroxylation is 1. The monoisotopic (exact) mass is 329 g/mol. The van der Waals surface area contributed by atoms with Crippen molar-refractivity contribution in [2.24, 2.45) is 0 Å². The second-order valence-electron chi connectivity index (χ2n) is 5.05. The number of fused-ring (bicyclic) bond motifs is 1. The van der Waals surface area contributed by atoms with Gasteiger partial charge in [-0.2, -0.15) is 5.10 Å². The van der Waals surface area contributed by atoms with Crippen molar-refractivity contribution < 1.29 is 14.7 Å². The van der Waals surface area contributed by atoms with Gasteiger partial charge in [-0.15, -0.1) is 11.3 Å². The minimum Gasteiger partial charge on any atom is -0.477 e. The molecule has 0 unspecified atom stereocenters. The zero-order valence-corrected chi connectivity index (χ0v) is 13.2. The summed E-state index contributed by atoms with van der Waals surface area (Å²) in [5.74, 6) is -1.26. The summed E-state index contributed by atoms with van der Waals surface area (Å²) in [5.41, 5.74) is 2.55. The van der Waals surface area contributed by atoms with Crippen LogP contribution in [0, 0.1) is 0 Å². The number of carbonyl (C=O) groups excluding carboxylic acids is 1. The minimum absolute atomic E-state index is 0.231. The number of carboxylic acid groups (broad SMARTS) is 1. The van der Waals surface area contributed by atoms with Gasteiger partial charge in [-0.25, -0.2) is 4.79 Å². The molecule has 0 aliphatic rings. The van der Waals surface area contributed by atoms with E-state index in [-0.39, 0.29) is 10.8 Å². The summed E-state index contributed by atoms with van der Waals surface area (Å²) in [5, 5.41) is 19.8. The number of hydrogen-bond acceptors (Lipinski definition) is 4. The predicted molar refractivity (Wildman–Crippen MR) is 87.9 cm³/mol. The maximum absolute atomic E-state index is 12.3. The van der Waals surface area contributed by atoms with Crippen LogP contribution in [-0.4, -0.2) is 27.2 Å². The van der Waals surface area contributed by atoms with E-state index in [1.807, 2.05) is 25.1 Å². The molecule has 0 spiro atoms. The number of carbonyl (C=O) groups is 2. The van der Waals surface area contributed by atoms with Gasteiger partial charge in [0, 0.05) is 11.9 Å². The number of H-pyrrole nitrogens is 1. The van der Waals surface area contributed by atoms with E-state index in [4.69, 9.17) is 5.11 Å². The maximum atomic E-state index is 12.3. The molecular formula is C16H15N3O3S. The molecule has 118 valence electrons. The third kappa shape index (κ3) is 2.95. The molecule has 0 aliphatic carbocycles. The standard InChI is InChI=1S/C16H15N3O3S/c1-2-9-6-13(23-14(9)16(21)22)15(20)17-7-10-4-3-5-12-11(10)8-18-19-12/h3-6,8H,2,7H2,1H3,(H,17,20)(H,18,19)(H,21,22). The van der Waals surface area contributed by atoms with Crippen LogP contribution in [0.25, 0.3) is 10.9 Å². The van der Waals surface area contributed by atoms with E-state index in [1.54, 1.807) is 12.3 Å². The van der Waals surface area contributed by atoms with Crippen LogP contribution in [0.5, 0.6) is 0 Å². The Morgan fingerprint density at radius 2 is 2.17 bits per heavy atom. The molecule has 6 nitrogen and oxygen atoms in total. The summed E-state index contributed by atoms with van der Waals surface area (Å²) in [6.45, 7) is 2.23. The molecule has 3 N–H and O–H groups in total. The van der Waals surface area contributed by atoms with Gasteiger partial charge in [0.15, 0.2) is 0 Å². The second kappa shape index (κ2) is 6.21. The molecule has 1 amide bonds. The number of nitrogens with one attached hydrogen (secondary N) is 2. The molecule has 0 atom stereocenters. The summed E-state index contributed by atoms with van der Waals surface area (Å²) in [6, 6.07) is 7.39. The van der Waals surface area contributed by atoms with E-state index >= 15 is 0 Å². The Labute approximate surface area is 136 Å².